The van der Waals surface area contributed by atoms with Gasteiger partial charge in [-0.15, -0.1) is 0 Å². The molecule has 0 aliphatic carbocycles. The van der Waals surface area contributed by atoms with Crippen LogP contribution < -0.4 is 11.5 Å². The minimum absolute atomic E-state index is 0.0516. The Bertz CT molecular complexity index is 158. The summed E-state index contributed by atoms with van der Waals surface area (Å²) in [6, 6.07) is 0. The maximum absolute atomic E-state index is 12.2. The minimum atomic E-state index is -1.75. The fourth-order valence-electron chi connectivity index (χ4n) is 0.495. The molecule has 0 saturated carbocycles. The molecule has 12 heavy (non-hydrogen) atoms. The van der Waals surface area contributed by atoms with Crippen LogP contribution in [-0.4, -0.2) is 41.3 Å². The third-order valence-corrected chi connectivity index (χ3v) is 2.53. The van der Waals surface area contributed by atoms with E-state index in [1.54, 1.807) is 0 Å². The van der Waals surface area contributed by atoms with E-state index in [9.17, 15) is 9.18 Å². The summed E-state index contributed by atoms with van der Waals surface area (Å²) in [5.74, 6) is -0.669. The van der Waals surface area contributed by atoms with Gasteiger partial charge in [0.25, 0.3) is 0 Å². The Morgan fingerprint density at radius 3 is 2.58 bits per heavy atom. The topological polar surface area (TPSA) is 89.3 Å². The highest BCUT2D eigenvalue weighted by Crippen LogP contribution is 2.11. The average Bonchev–Trinajstić information content (AvgIpc) is 2.04. The Kier molecular flexibility index (Phi) is 5.19. The van der Waals surface area contributed by atoms with Crippen molar-refractivity contribution in [2.75, 3.05) is 24.7 Å². The first kappa shape index (κ1) is 11.7. The lowest BCUT2D eigenvalue weighted by Crippen LogP contribution is -2.52. The van der Waals surface area contributed by atoms with Crippen molar-refractivity contribution in [3.05, 3.63) is 0 Å². The summed E-state index contributed by atoms with van der Waals surface area (Å²) in [4.78, 5) is 10.4. The molecule has 0 fully saturated rings. The number of hydrogen-bond acceptors (Lipinski definition) is 4. The number of carboxylic acid groups (broad SMARTS) is 1. The fraction of sp³-hybridized carbons (Fsp3) is 0.833. The van der Waals surface area contributed by atoms with Gasteiger partial charge in [0, 0.05) is 18.1 Å². The van der Waals surface area contributed by atoms with E-state index in [0.29, 0.717) is 12.3 Å². The smallest absolute Gasteiger partial charge is 0.327 e. The predicted molar refractivity (Wildman–Crippen MR) is 46.9 cm³/mol. The van der Waals surface area contributed by atoms with Gasteiger partial charge in [0.2, 0.25) is 0 Å². The number of rotatable bonds is 6. The van der Waals surface area contributed by atoms with E-state index in [1.807, 2.05) is 0 Å². The second-order valence-electron chi connectivity index (χ2n) is 2.44. The molecule has 0 saturated heterocycles. The van der Waals surface area contributed by atoms with Crippen LogP contribution in [0.15, 0.2) is 0 Å². The van der Waals surface area contributed by atoms with Crippen molar-refractivity contribution in [3.63, 3.8) is 0 Å². The Balaban J connectivity index is 3.88. The van der Waals surface area contributed by atoms with Gasteiger partial charge in [-0.05, 0) is 0 Å². The zero-order valence-electron chi connectivity index (χ0n) is 6.62. The number of alkyl halides is 1. The van der Waals surface area contributed by atoms with Gasteiger partial charge >= 0.3 is 5.97 Å². The van der Waals surface area contributed by atoms with E-state index in [-0.39, 0.29) is 5.75 Å². The second kappa shape index (κ2) is 5.34. The Morgan fingerprint density at radius 1 is 1.67 bits per heavy atom. The van der Waals surface area contributed by atoms with E-state index >= 15 is 0 Å². The lowest BCUT2D eigenvalue weighted by Gasteiger charge is -2.19. The van der Waals surface area contributed by atoms with Crippen LogP contribution in [0.2, 0.25) is 0 Å². The van der Waals surface area contributed by atoms with Crippen LogP contribution in [0.3, 0.4) is 0 Å². The van der Waals surface area contributed by atoms with Crippen molar-refractivity contribution >= 4 is 17.7 Å². The van der Waals surface area contributed by atoms with Gasteiger partial charge in [0.05, 0.1) is 0 Å². The SMILES string of the molecule is NCCSC[C@@](N)(CF)C(=O)O. The maximum atomic E-state index is 12.2. The molecular formula is C6H13FN2O2S. The highest BCUT2D eigenvalue weighted by Gasteiger charge is 2.33. The third-order valence-electron chi connectivity index (χ3n) is 1.29. The monoisotopic (exact) mass is 196 g/mol. The van der Waals surface area contributed by atoms with E-state index < -0.39 is 18.2 Å². The number of carboxylic acids is 1. The van der Waals surface area contributed by atoms with Gasteiger partial charge in [0.15, 0.2) is 5.54 Å². The molecule has 0 aromatic heterocycles. The quantitative estimate of drug-likeness (QED) is 0.495. The first-order valence-corrected chi connectivity index (χ1v) is 4.58. The van der Waals surface area contributed by atoms with Crippen LogP contribution in [-0.2, 0) is 4.79 Å². The number of carbonyl (C=O) groups is 1. The Labute approximate surface area is 74.5 Å². The van der Waals surface area contributed by atoms with Crippen molar-refractivity contribution in [1.29, 1.82) is 0 Å². The van der Waals surface area contributed by atoms with Crippen LogP contribution in [0.5, 0.6) is 0 Å². The molecule has 0 rings (SSSR count). The zero-order valence-corrected chi connectivity index (χ0v) is 7.44. The molecule has 4 nitrogen and oxygen atoms in total. The fourth-order valence-corrected chi connectivity index (χ4v) is 1.37. The van der Waals surface area contributed by atoms with Crippen LogP contribution >= 0.6 is 11.8 Å². The third kappa shape index (κ3) is 3.38. The predicted octanol–water partition coefficient (Wildman–Crippen LogP) is -0.570. The van der Waals surface area contributed by atoms with E-state index in [4.69, 9.17) is 16.6 Å². The summed E-state index contributed by atoms with van der Waals surface area (Å²) >= 11 is 1.24. The van der Waals surface area contributed by atoms with Crippen molar-refractivity contribution in [3.8, 4) is 0 Å². The van der Waals surface area contributed by atoms with Crippen molar-refractivity contribution in [2.24, 2.45) is 11.5 Å². The standard InChI is InChI=1S/C6H13FN2O2S/c7-3-6(9,5(10)11)4-12-2-1-8/h1-4,8-9H2,(H,10,11)/t6-/m0/s1. The van der Waals surface area contributed by atoms with Crippen LogP contribution in [0, 0.1) is 0 Å². The molecule has 0 aromatic carbocycles. The molecule has 0 bridgehead atoms. The number of aliphatic carboxylic acids is 1. The van der Waals surface area contributed by atoms with E-state index in [1.165, 1.54) is 11.8 Å². The molecule has 0 aliphatic heterocycles. The highest BCUT2D eigenvalue weighted by molar-refractivity contribution is 7.99. The average molecular weight is 196 g/mol. The van der Waals surface area contributed by atoms with E-state index in [0.717, 1.165) is 0 Å². The summed E-state index contributed by atoms with van der Waals surface area (Å²) in [6.07, 6.45) is 0. The van der Waals surface area contributed by atoms with Crippen molar-refractivity contribution in [1.82, 2.24) is 0 Å². The van der Waals surface area contributed by atoms with Crippen LogP contribution in [0.4, 0.5) is 4.39 Å². The molecule has 72 valence electrons. The largest absolute Gasteiger partial charge is 0.480 e. The molecule has 0 heterocycles. The molecule has 5 N–H and O–H groups in total. The first-order chi connectivity index (χ1) is 5.56. The van der Waals surface area contributed by atoms with Crippen molar-refractivity contribution < 1.29 is 14.3 Å². The molecule has 0 amide bonds. The Morgan fingerprint density at radius 2 is 2.25 bits per heavy atom. The van der Waals surface area contributed by atoms with Gasteiger partial charge in [-0.2, -0.15) is 11.8 Å². The number of nitrogens with two attached hydrogens (primary N) is 2. The minimum Gasteiger partial charge on any atom is -0.480 e. The normalized spacial score (nSPS) is 15.6. The number of halogens is 1. The van der Waals surface area contributed by atoms with Gasteiger partial charge in [-0.25, -0.2) is 4.39 Å². The first-order valence-electron chi connectivity index (χ1n) is 3.43. The summed E-state index contributed by atoms with van der Waals surface area (Å²) in [5.41, 5.74) is 8.67. The van der Waals surface area contributed by atoms with Gasteiger partial charge < -0.3 is 16.6 Å². The maximum Gasteiger partial charge on any atom is 0.327 e. The molecule has 0 radical (unpaired) electrons. The molecule has 0 unspecified atom stereocenters. The van der Waals surface area contributed by atoms with Gasteiger partial charge in [-0.3, -0.25) is 4.79 Å². The molecular weight excluding hydrogens is 183 g/mol. The summed E-state index contributed by atoms with van der Waals surface area (Å²) in [6.45, 7) is -0.618. The molecule has 0 aromatic rings. The van der Waals surface area contributed by atoms with Crippen LogP contribution in [0.25, 0.3) is 0 Å². The highest BCUT2D eigenvalue weighted by atomic mass is 32.2. The summed E-state index contributed by atoms with van der Waals surface area (Å²) in [5, 5.41) is 8.52. The molecule has 6 heteroatoms. The Hall–Kier alpha value is -0.330. The van der Waals surface area contributed by atoms with E-state index in [2.05, 4.69) is 0 Å². The summed E-state index contributed by atoms with van der Waals surface area (Å²) < 4.78 is 12.2. The second-order valence-corrected chi connectivity index (χ2v) is 3.54. The molecule has 1 atom stereocenters. The zero-order chi connectivity index (χ0) is 9.61. The number of hydrogen-bond donors (Lipinski definition) is 3. The lowest BCUT2D eigenvalue weighted by atomic mass is 10.1. The summed E-state index contributed by atoms with van der Waals surface area (Å²) in [7, 11) is 0. The van der Waals surface area contributed by atoms with Crippen LogP contribution in [0.1, 0.15) is 0 Å². The number of thioether (sulfide) groups is 1. The molecule has 0 spiro atoms. The van der Waals surface area contributed by atoms with Crippen molar-refractivity contribution in [2.45, 2.75) is 5.54 Å². The molecule has 0 aliphatic rings. The van der Waals surface area contributed by atoms with Gasteiger partial charge in [-0.1, -0.05) is 0 Å². The van der Waals surface area contributed by atoms with Gasteiger partial charge in [0.1, 0.15) is 6.67 Å². The lowest BCUT2D eigenvalue weighted by molar-refractivity contribution is -0.142.